The van der Waals surface area contributed by atoms with Gasteiger partial charge in [0.1, 0.15) is 0 Å². The van der Waals surface area contributed by atoms with Crippen molar-refractivity contribution in [3.63, 3.8) is 0 Å². The predicted octanol–water partition coefficient (Wildman–Crippen LogP) is 0.935. The molecule has 0 atom stereocenters. The molecular formula is C15H17NO6S. The number of nitrogens with zero attached hydrogens (tertiary/aromatic N) is 1. The minimum Gasteiger partial charge on any atom is -0.480 e. The van der Waals surface area contributed by atoms with Crippen molar-refractivity contribution in [1.82, 2.24) is 4.31 Å². The molecular weight excluding hydrogens is 322 g/mol. The van der Waals surface area contributed by atoms with E-state index in [4.69, 9.17) is 10.2 Å². The van der Waals surface area contributed by atoms with E-state index in [1.807, 2.05) is 6.92 Å². The molecule has 1 aliphatic carbocycles. The summed E-state index contributed by atoms with van der Waals surface area (Å²) in [6.07, 6.45) is -0.0465. The average molecular weight is 339 g/mol. The van der Waals surface area contributed by atoms with E-state index in [-0.39, 0.29) is 30.8 Å². The van der Waals surface area contributed by atoms with Crippen molar-refractivity contribution in [2.45, 2.75) is 24.7 Å². The van der Waals surface area contributed by atoms with E-state index in [1.165, 1.54) is 16.4 Å². The predicted molar refractivity (Wildman–Crippen MR) is 79.3 cm³/mol. The topological polar surface area (TPSA) is 112 Å². The summed E-state index contributed by atoms with van der Waals surface area (Å²) in [5.74, 6) is -2.70. The zero-order chi connectivity index (χ0) is 17.0. The van der Waals surface area contributed by atoms with Crippen molar-refractivity contribution in [3.05, 3.63) is 29.8 Å². The van der Waals surface area contributed by atoms with E-state index in [2.05, 4.69) is 0 Å². The van der Waals surface area contributed by atoms with Crippen LogP contribution in [-0.2, 0) is 19.6 Å². The van der Waals surface area contributed by atoms with E-state index in [9.17, 15) is 18.0 Å². The van der Waals surface area contributed by atoms with Gasteiger partial charge in [0.05, 0.1) is 4.90 Å². The first kappa shape index (κ1) is 15.9. The molecule has 23 heavy (non-hydrogen) atoms. The third-order valence-corrected chi connectivity index (χ3v) is 6.66. The molecule has 1 aliphatic heterocycles. The molecule has 8 heteroatoms. The minimum atomic E-state index is -3.61. The minimum absolute atomic E-state index is 0.0232. The number of aryl methyl sites for hydroxylation is 1. The standard InChI is InChI=1S/C15H17NO6S/c1-10-2-4-11(5-3-10)23(21,22)16-8-14(9-16)6-15(7-14,12(17)18)13(19)20/h2-5H,6-9H2,1H3,(H,17,18)(H,19,20). The summed E-state index contributed by atoms with van der Waals surface area (Å²) >= 11 is 0. The Bertz CT molecular complexity index is 753. The Kier molecular flexibility index (Phi) is 3.32. The first-order valence-corrected chi connectivity index (χ1v) is 8.59. The van der Waals surface area contributed by atoms with Crippen LogP contribution < -0.4 is 0 Å². The Morgan fingerprint density at radius 1 is 1.04 bits per heavy atom. The Balaban J connectivity index is 1.72. The Morgan fingerprint density at radius 2 is 1.52 bits per heavy atom. The van der Waals surface area contributed by atoms with Crippen LogP contribution in [0.3, 0.4) is 0 Å². The molecule has 2 N–H and O–H groups in total. The van der Waals surface area contributed by atoms with Gasteiger partial charge in [0, 0.05) is 18.5 Å². The highest BCUT2D eigenvalue weighted by Crippen LogP contribution is 2.60. The summed E-state index contributed by atoms with van der Waals surface area (Å²) in [5, 5.41) is 18.2. The molecule has 1 spiro atoms. The van der Waals surface area contributed by atoms with Gasteiger partial charge in [-0.05, 0) is 31.9 Å². The monoisotopic (exact) mass is 339 g/mol. The van der Waals surface area contributed by atoms with Gasteiger partial charge in [0.15, 0.2) is 5.41 Å². The summed E-state index contributed by atoms with van der Waals surface area (Å²) < 4.78 is 26.2. The van der Waals surface area contributed by atoms with Gasteiger partial charge in [-0.2, -0.15) is 4.31 Å². The van der Waals surface area contributed by atoms with Crippen molar-refractivity contribution in [3.8, 4) is 0 Å². The molecule has 124 valence electrons. The molecule has 1 aromatic carbocycles. The van der Waals surface area contributed by atoms with E-state index in [1.54, 1.807) is 12.1 Å². The van der Waals surface area contributed by atoms with Gasteiger partial charge in [-0.15, -0.1) is 0 Å². The zero-order valence-corrected chi connectivity index (χ0v) is 13.3. The quantitative estimate of drug-likeness (QED) is 0.790. The molecule has 2 aliphatic rings. The first-order chi connectivity index (χ1) is 10.6. The fourth-order valence-corrected chi connectivity index (χ4v) is 5.24. The van der Waals surface area contributed by atoms with Crippen LogP contribution in [-0.4, -0.2) is 48.0 Å². The second-order valence-corrected chi connectivity index (χ2v) is 8.57. The van der Waals surface area contributed by atoms with Crippen LogP contribution in [0.1, 0.15) is 18.4 Å². The highest BCUT2D eigenvalue weighted by atomic mass is 32.2. The van der Waals surface area contributed by atoms with Crippen LogP contribution in [0.25, 0.3) is 0 Å². The van der Waals surface area contributed by atoms with Gasteiger partial charge in [-0.3, -0.25) is 9.59 Å². The lowest BCUT2D eigenvalue weighted by Gasteiger charge is -2.60. The fourth-order valence-electron chi connectivity index (χ4n) is 3.58. The van der Waals surface area contributed by atoms with Gasteiger partial charge in [0.25, 0.3) is 0 Å². The number of carboxylic acid groups (broad SMARTS) is 2. The van der Waals surface area contributed by atoms with Gasteiger partial charge >= 0.3 is 11.9 Å². The van der Waals surface area contributed by atoms with Crippen molar-refractivity contribution in [2.24, 2.45) is 10.8 Å². The number of rotatable bonds is 4. The number of sulfonamides is 1. The second kappa shape index (κ2) is 4.78. The zero-order valence-electron chi connectivity index (χ0n) is 12.5. The molecule has 0 unspecified atom stereocenters. The fraction of sp³-hybridized carbons (Fsp3) is 0.467. The molecule has 1 aromatic rings. The second-order valence-electron chi connectivity index (χ2n) is 6.63. The highest BCUT2D eigenvalue weighted by molar-refractivity contribution is 7.89. The molecule has 7 nitrogen and oxygen atoms in total. The molecule has 1 saturated carbocycles. The van der Waals surface area contributed by atoms with Crippen LogP contribution in [0, 0.1) is 17.8 Å². The van der Waals surface area contributed by atoms with E-state index >= 15 is 0 Å². The third-order valence-electron chi connectivity index (χ3n) is 4.85. The maximum Gasteiger partial charge on any atom is 0.321 e. The normalized spacial score (nSPS) is 22.1. The summed E-state index contributed by atoms with van der Waals surface area (Å²) in [7, 11) is -3.61. The summed E-state index contributed by atoms with van der Waals surface area (Å²) in [5.41, 5.74) is -1.33. The van der Waals surface area contributed by atoms with Gasteiger partial charge < -0.3 is 10.2 Å². The van der Waals surface area contributed by atoms with Gasteiger partial charge in [0.2, 0.25) is 10.0 Å². The number of carboxylic acids is 2. The molecule has 0 radical (unpaired) electrons. The Morgan fingerprint density at radius 3 is 1.96 bits per heavy atom. The smallest absolute Gasteiger partial charge is 0.321 e. The third kappa shape index (κ3) is 2.24. The van der Waals surface area contributed by atoms with Gasteiger partial charge in [-0.25, -0.2) is 8.42 Å². The van der Waals surface area contributed by atoms with Gasteiger partial charge in [-0.1, -0.05) is 17.7 Å². The number of hydrogen-bond donors (Lipinski definition) is 2. The lowest BCUT2D eigenvalue weighted by Crippen LogP contribution is -2.69. The van der Waals surface area contributed by atoms with Crippen molar-refractivity contribution in [2.75, 3.05) is 13.1 Å². The van der Waals surface area contributed by atoms with E-state index in [0.717, 1.165) is 5.56 Å². The lowest BCUT2D eigenvalue weighted by molar-refractivity contribution is -0.193. The summed E-state index contributed by atoms with van der Waals surface area (Å²) in [6.45, 7) is 2.21. The molecule has 1 saturated heterocycles. The highest BCUT2D eigenvalue weighted by Gasteiger charge is 2.68. The summed E-state index contributed by atoms with van der Waals surface area (Å²) in [4.78, 5) is 22.6. The SMILES string of the molecule is Cc1ccc(S(=O)(=O)N2CC3(C2)CC(C(=O)O)(C(=O)O)C3)cc1. The van der Waals surface area contributed by atoms with Crippen LogP contribution in [0.2, 0.25) is 0 Å². The number of carbonyl (C=O) groups is 2. The van der Waals surface area contributed by atoms with Crippen molar-refractivity contribution >= 4 is 22.0 Å². The van der Waals surface area contributed by atoms with Crippen LogP contribution in [0.5, 0.6) is 0 Å². The van der Waals surface area contributed by atoms with Crippen LogP contribution in [0.15, 0.2) is 29.2 Å². The maximum absolute atomic E-state index is 12.5. The average Bonchev–Trinajstić information content (AvgIpc) is 2.35. The van der Waals surface area contributed by atoms with Crippen LogP contribution >= 0.6 is 0 Å². The number of hydrogen-bond acceptors (Lipinski definition) is 4. The van der Waals surface area contributed by atoms with E-state index < -0.39 is 32.8 Å². The van der Waals surface area contributed by atoms with Crippen LogP contribution in [0.4, 0.5) is 0 Å². The maximum atomic E-state index is 12.5. The summed E-state index contributed by atoms with van der Waals surface area (Å²) in [6, 6.07) is 6.50. The molecule has 0 aromatic heterocycles. The molecule has 2 fully saturated rings. The number of aliphatic carboxylic acids is 2. The molecule has 1 heterocycles. The lowest BCUT2D eigenvalue weighted by atomic mass is 9.50. The number of benzene rings is 1. The molecule has 3 rings (SSSR count). The molecule has 0 amide bonds. The Labute approximate surface area is 133 Å². The molecule has 0 bridgehead atoms. The first-order valence-electron chi connectivity index (χ1n) is 7.15. The van der Waals surface area contributed by atoms with Crippen molar-refractivity contribution < 1.29 is 28.2 Å². The van der Waals surface area contributed by atoms with E-state index in [0.29, 0.717) is 0 Å². The Hall–Kier alpha value is -1.93. The van der Waals surface area contributed by atoms with Crippen molar-refractivity contribution in [1.29, 1.82) is 0 Å². The largest absolute Gasteiger partial charge is 0.480 e.